The van der Waals surface area contributed by atoms with E-state index in [-0.39, 0.29) is 17.3 Å². The Morgan fingerprint density at radius 3 is 2.48 bits per heavy atom. The summed E-state index contributed by atoms with van der Waals surface area (Å²) in [5, 5.41) is 17.9. The zero-order valence-electron chi connectivity index (χ0n) is 14.8. The van der Waals surface area contributed by atoms with Gasteiger partial charge in [0.2, 0.25) is 10.0 Å². The lowest BCUT2D eigenvalue weighted by molar-refractivity contribution is 0.0842. The molecule has 0 aromatic heterocycles. The van der Waals surface area contributed by atoms with Crippen LogP contribution in [0, 0.1) is 0 Å². The highest BCUT2D eigenvalue weighted by molar-refractivity contribution is 7.89. The summed E-state index contributed by atoms with van der Waals surface area (Å²) in [5.74, 6) is -0.376. The Hall–Kier alpha value is -2.26. The van der Waals surface area contributed by atoms with Crippen molar-refractivity contribution >= 4 is 15.9 Å². The maximum absolute atomic E-state index is 12.1. The van der Waals surface area contributed by atoms with E-state index in [0.29, 0.717) is 12.1 Å². The summed E-state index contributed by atoms with van der Waals surface area (Å²) in [4.78, 5) is 14.3. The number of primary sulfonamides is 1. The monoisotopic (exact) mass is 389 g/mol. The molecule has 1 amide bonds. The van der Waals surface area contributed by atoms with Crippen molar-refractivity contribution in [1.29, 1.82) is 0 Å². The van der Waals surface area contributed by atoms with Gasteiger partial charge in [0.25, 0.3) is 5.91 Å². The van der Waals surface area contributed by atoms with Gasteiger partial charge in [-0.1, -0.05) is 24.3 Å². The molecule has 0 bridgehead atoms. The maximum atomic E-state index is 12.1. The summed E-state index contributed by atoms with van der Waals surface area (Å²) < 4.78 is 22.5. The summed E-state index contributed by atoms with van der Waals surface area (Å²) in [7, 11) is -3.79. The van der Waals surface area contributed by atoms with Crippen molar-refractivity contribution in [3.63, 3.8) is 0 Å². The van der Waals surface area contributed by atoms with E-state index in [1.807, 2.05) is 12.1 Å². The van der Waals surface area contributed by atoms with Crippen LogP contribution in [0.5, 0.6) is 0 Å². The smallest absolute Gasteiger partial charge is 0.251 e. The van der Waals surface area contributed by atoms with Crippen molar-refractivity contribution in [2.75, 3.05) is 19.6 Å². The summed E-state index contributed by atoms with van der Waals surface area (Å²) in [6.45, 7) is 2.25. The molecule has 4 N–H and O–H groups in total. The van der Waals surface area contributed by atoms with E-state index in [0.717, 1.165) is 19.5 Å². The molecular weight excluding hydrogens is 366 g/mol. The molecule has 1 heterocycles. The third-order valence-corrected chi connectivity index (χ3v) is 5.55. The van der Waals surface area contributed by atoms with Gasteiger partial charge in [-0.3, -0.25) is 9.69 Å². The summed E-state index contributed by atoms with van der Waals surface area (Å²) >= 11 is 0. The predicted molar refractivity (Wildman–Crippen MR) is 102 cm³/mol. The van der Waals surface area contributed by atoms with Crippen LogP contribution < -0.4 is 10.5 Å². The molecule has 1 aliphatic rings. The first-order valence-corrected chi connectivity index (χ1v) is 10.3. The lowest BCUT2D eigenvalue weighted by atomic mass is 10.00. The number of hydrogen-bond donors (Lipinski definition) is 3. The molecule has 0 saturated heterocycles. The standard InChI is InChI=1S/C19H23N3O4S/c20-27(25,26)18-7-5-15(6-8-18)19(24)21-11-17(23)13-22-10-9-14-3-1-2-4-16(14)12-22/h1-8,17,23H,9-13H2,(H,21,24)(H2,20,25,26). The fourth-order valence-corrected chi connectivity index (χ4v) is 3.70. The Morgan fingerprint density at radius 2 is 1.81 bits per heavy atom. The van der Waals surface area contributed by atoms with Gasteiger partial charge in [-0.2, -0.15) is 0 Å². The van der Waals surface area contributed by atoms with E-state index in [2.05, 4.69) is 22.3 Å². The molecule has 3 rings (SSSR count). The SMILES string of the molecule is NS(=O)(=O)c1ccc(C(=O)NCC(O)CN2CCc3ccccc3C2)cc1. The van der Waals surface area contributed by atoms with Crippen molar-refractivity contribution in [1.82, 2.24) is 10.2 Å². The fourth-order valence-electron chi connectivity index (χ4n) is 3.18. The van der Waals surface area contributed by atoms with Gasteiger partial charge in [-0.15, -0.1) is 0 Å². The van der Waals surface area contributed by atoms with Crippen LogP contribution in [0.15, 0.2) is 53.4 Å². The molecule has 0 spiro atoms. The molecule has 0 aliphatic carbocycles. The maximum Gasteiger partial charge on any atom is 0.251 e. The molecular formula is C19H23N3O4S. The molecule has 2 aromatic rings. The van der Waals surface area contributed by atoms with E-state index >= 15 is 0 Å². The number of carbonyl (C=O) groups excluding carboxylic acids is 1. The lowest BCUT2D eigenvalue weighted by Gasteiger charge is -2.30. The third kappa shape index (κ3) is 5.14. The number of sulfonamides is 1. The third-order valence-electron chi connectivity index (χ3n) is 4.62. The highest BCUT2D eigenvalue weighted by atomic mass is 32.2. The van der Waals surface area contributed by atoms with Gasteiger partial charge >= 0.3 is 0 Å². The van der Waals surface area contributed by atoms with Crippen LogP contribution in [-0.4, -0.2) is 50.1 Å². The van der Waals surface area contributed by atoms with Gasteiger partial charge in [-0.05, 0) is 41.8 Å². The zero-order chi connectivity index (χ0) is 19.4. The number of amides is 1. The first kappa shape index (κ1) is 19.5. The number of nitrogens with zero attached hydrogens (tertiary/aromatic N) is 1. The van der Waals surface area contributed by atoms with Crippen LogP contribution in [0.3, 0.4) is 0 Å². The van der Waals surface area contributed by atoms with E-state index in [1.165, 1.54) is 35.4 Å². The molecule has 0 saturated carbocycles. The van der Waals surface area contributed by atoms with E-state index < -0.39 is 16.1 Å². The molecule has 8 heteroatoms. The van der Waals surface area contributed by atoms with Gasteiger partial charge in [0.15, 0.2) is 0 Å². The molecule has 27 heavy (non-hydrogen) atoms. The number of nitrogens with two attached hydrogens (primary N) is 1. The Labute approximate surface area is 158 Å². The van der Waals surface area contributed by atoms with Crippen molar-refractivity contribution in [3.8, 4) is 0 Å². The van der Waals surface area contributed by atoms with Gasteiger partial charge in [0, 0.05) is 31.7 Å². The number of benzene rings is 2. The van der Waals surface area contributed by atoms with E-state index in [1.54, 1.807) is 0 Å². The fraction of sp³-hybridized carbons (Fsp3) is 0.316. The average Bonchev–Trinajstić information content (AvgIpc) is 2.65. The van der Waals surface area contributed by atoms with Gasteiger partial charge < -0.3 is 10.4 Å². The van der Waals surface area contributed by atoms with Gasteiger partial charge in [0.05, 0.1) is 11.0 Å². The largest absolute Gasteiger partial charge is 0.390 e. The molecule has 1 atom stereocenters. The van der Waals surface area contributed by atoms with Crippen molar-refractivity contribution < 1.29 is 18.3 Å². The zero-order valence-corrected chi connectivity index (χ0v) is 15.7. The molecule has 7 nitrogen and oxygen atoms in total. The number of rotatable bonds is 6. The molecule has 1 unspecified atom stereocenters. The minimum atomic E-state index is -3.79. The molecule has 0 fully saturated rings. The Balaban J connectivity index is 1.49. The number of carbonyl (C=O) groups is 1. The van der Waals surface area contributed by atoms with E-state index in [4.69, 9.17) is 5.14 Å². The second-order valence-electron chi connectivity index (χ2n) is 6.69. The molecule has 1 aliphatic heterocycles. The highest BCUT2D eigenvalue weighted by Crippen LogP contribution is 2.18. The Morgan fingerprint density at radius 1 is 1.15 bits per heavy atom. The van der Waals surface area contributed by atoms with E-state index in [9.17, 15) is 18.3 Å². The van der Waals surface area contributed by atoms with Crippen LogP contribution >= 0.6 is 0 Å². The Kier molecular flexibility index (Phi) is 5.91. The van der Waals surface area contributed by atoms with Crippen LogP contribution in [0.1, 0.15) is 21.5 Å². The average molecular weight is 389 g/mol. The van der Waals surface area contributed by atoms with Gasteiger partial charge in [0.1, 0.15) is 0 Å². The number of β-amino-alcohol motifs (C(OH)–C–C–N with tert-alkyl or cyclic N) is 1. The highest BCUT2D eigenvalue weighted by Gasteiger charge is 2.19. The normalized spacial score (nSPS) is 15.8. The summed E-state index contributed by atoms with van der Waals surface area (Å²) in [6, 6.07) is 13.6. The molecule has 144 valence electrons. The number of aliphatic hydroxyl groups excluding tert-OH is 1. The predicted octanol–water partition coefficient (Wildman–Crippen LogP) is 0.483. The molecule has 0 radical (unpaired) electrons. The van der Waals surface area contributed by atoms with Crippen molar-refractivity contribution in [2.45, 2.75) is 24.0 Å². The van der Waals surface area contributed by atoms with Crippen LogP contribution in [-0.2, 0) is 23.0 Å². The van der Waals surface area contributed by atoms with Crippen molar-refractivity contribution in [3.05, 3.63) is 65.2 Å². The summed E-state index contributed by atoms with van der Waals surface area (Å²) in [6.07, 6.45) is 0.258. The lowest BCUT2D eigenvalue weighted by Crippen LogP contribution is -2.42. The Bertz CT molecular complexity index is 913. The minimum Gasteiger partial charge on any atom is -0.390 e. The number of nitrogens with one attached hydrogen (secondary N) is 1. The summed E-state index contributed by atoms with van der Waals surface area (Å²) in [5.41, 5.74) is 2.93. The van der Waals surface area contributed by atoms with Crippen LogP contribution in [0.4, 0.5) is 0 Å². The van der Waals surface area contributed by atoms with Crippen molar-refractivity contribution in [2.24, 2.45) is 5.14 Å². The van der Waals surface area contributed by atoms with Crippen LogP contribution in [0.25, 0.3) is 0 Å². The second kappa shape index (κ2) is 8.18. The van der Waals surface area contributed by atoms with Gasteiger partial charge in [-0.25, -0.2) is 13.6 Å². The minimum absolute atomic E-state index is 0.0514. The number of fused-ring (bicyclic) bond motifs is 1. The topological polar surface area (TPSA) is 113 Å². The quantitative estimate of drug-likeness (QED) is 0.665. The second-order valence-corrected chi connectivity index (χ2v) is 8.25. The first-order chi connectivity index (χ1) is 12.8. The first-order valence-electron chi connectivity index (χ1n) is 8.71. The van der Waals surface area contributed by atoms with Crippen LogP contribution in [0.2, 0.25) is 0 Å². The molecule has 2 aromatic carbocycles. The number of aliphatic hydroxyl groups is 1. The number of hydrogen-bond acceptors (Lipinski definition) is 5.